The number of piperidine rings is 2. The molecule has 3 heterocycles. The van der Waals surface area contributed by atoms with E-state index in [9.17, 15) is 18.0 Å². The van der Waals surface area contributed by atoms with E-state index in [4.69, 9.17) is 9.15 Å². The average Bonchev–Trinajstić information content (AvgIpc) is 3.45. The highest BCUT2D eigenvalue weighted by Gasteiger charge is 2.31. The zero-order valence-corrected chi connectivity index (χ0v) is 25.1. The number of anilines is 1. The predicted octanol–water partition coefficient (Wildman–Crippen LogP) is 7.54. The lowest BCUT2D eigenvalue weighted by molar-refractivity contribution is -0.137. The number of benzene rings is 3. The summed E-state index contributed by atoms with van der Waals surface area (Å²) in [5.74, 6) is 0.923. The van der Waals surface area contributed by atoms with Gasteiger partial charge in [0.25, 0.3) is 5.91 Å². The van der Waals surface area contributed by atoms with E-state index in [1.165, 1.54) is 23.4 Å². The van der Waals surface area contributed by atoms with Crippen molar-refractivity contribution in [2.45, 2.75) is 57.5 Å². The Morgan fingerprint density at radius 3 is 2.25 bits per heavy atom. The second-order valence-electron chi connectivity index (χ2n) is 12.1. The number of carbonyl (C=O) groups is 1. The van der Waals surface area contributed by atoms with Crippen LogP contribution >= 0.6 is 0 Å². The van der Waals surface area contributed by atoms with Crippen LogP contribution in [0.15, 0.2) is 77.2 Å². The van der Waals surface area contributed by atoms with Gasteiger partial charge in [0.15, 0.2) is 5.76 Å². The second kappa shape index (κ2) is 12.6. The van der Waals surface area contributed by atoms with Crippen molar-refractivity contribution >= 4 is 22.6 Å². The average molecular weight is 606 g/mol. The maximum Gasteiger partial charge on any atom is 0.416 e. The number of fused-ring (bicyclic) bond motifs is 1. The molecule has 0 spiro atoms. The van der Waals surface area contributed by atoms with Crippen LogP contribution in [-0.2, 0) is 12.7 Å². The van der Waals surface area contributed by atoms with Crippen LogP contribution in [0.5, 0.6) is 5.75 Å². The lowest BCUT2D eigenvalue weighted by Crippen LogP contribution is -2.45. The smallest absolute Gasteiger partial charge is 0.416 e. The fourth-order valence-electron chi connectivity index (χ4n) is 6.24. The standard InChI is InChI=1S/C35H38F3N3O3/c1-24-3-9-29(10-4-24)41-19-15-30(16-20-41)43-31-11-12-32-26(21-31)22-33(44-32)34(42)39(2)28-13-17-40(18-14-28)23-25-5-7-27(8-6-25)35(36,37)38/h3-12,21-22,28,30H,13-20,23H2,1-2H3. The van der Waals surface area contributed by atoms with Crippen LogP contribution < -0.4 is 9.64 Å². The molecular formula is C35H38F3N3O3. The van der Waals surface area contributed by atoms with Gasteiger partial charge in [0.1, 0.15) is 17.4 Å². The molecule has 6 rings (SSSR count). The van der Waals surface area contributed by atoms with Gasteiger partial charge >= 0.3 is 6.18 Å². The first-order valence-electron chi connectivity index (χ1n) is 15.3. The largest absolute Gasteiger partial charge is 0.490 e. The Bertz CT molecular complexity index is 1570. The lowest BCUT2D eigenvalue weighted by Gasteiger charge is -2.36. The maximum atomic E-state index is 13.4. The minimum atomic E-state index is -4.33. The van der Waals surface area contributed by atoms with E-state index in [0.29, 0.717) is 17.9 Å². The van der Waals surface area contributed by atoms with Gasteiger partial charge in [0.05, 0.1) is 5.56 Å². The highest BCUT2D eigenvalue weighted by molar-refractivity contribution is 5.96. The SMILES string of the molecule is Cc1ccc(N2CCC(Oc3ccc4oc(C(=O)N(C)C5CCN(Cc6ccc(C(F)(F)F)cc6)CC5)cc4c3)CC2)cc1. The van der Waals surface area contributed by atoms with E-state index >= 15 is 0 Å². The van der Waals surface area contributed by atoms with Crippen molar-refractivity contribution in [2.75, 3.05) is 38.1 Å². The Morgan fingerprint density at radius 1 is 0.909 bits per heavy atom. The van der Waals surface area contributed by atoms with Crippen LogP contribution in [0.3, 0.4) is 0 Å². The van der Waals surface area contributed by atoms with Gasteiger partial charge in [-0.25, -0.2) is 0 Å². The summed E-state index contributed by atoms with van der Waals surface area (Å²) in [6.07, 6.45) is -0.750. The van der Waals surface area contributed by atoms with Crippen LogP contribution in [0.4, 0.5) is 18.9 Å². The second-order valence-corrected chi connectivity index (χ2v) is 12.1. The minimum Gasteiger partial charge on any atom is -0.490 e. The van der Waals surface area contributed by atoms with Crippen LogP contribution in [0.25, 0.3) is 11.0 Å². The maximum absolute atomic E-state index is 13.4. The van der Waals surface area contributed by atoms with Gasteiger partial charge in [-0.3, -0.25) is 9.69 Å². The summed E-state index contributed by atoms with van der Waals surface area (Å²) >= 11 is 0. The van der Waals surface area contributed by atoms with E-state index < -0.39 is 11.7 Å². The summed E-state index contributed by atoms with van der Waals surface area (Å²) < 4.78 is 50.9. The summed E-state index contributed by atoms with van der Waals surface area (Å²) in [5, 5.41) is 0.836. The molecule has 3 aromatic carbocycles. The molecule has 4 aromatic rings. The Balaban J connectivity index is 1.00. The molecule has 2 saturated heterocycles. The number of aryl methyl sites for hydroxylation is 1. The van der Waals surface area contributed by atoms with Crippen molar-refractivity contribution in [2.24, 2.45) is 0 Å². The molecule has 0 unspecified atom stereocenters. The highest BCUT2D eigenvalue weighted by Crippen LogP contribution is 2.31. The van der Waals surface area contributed by atoms with E-state index in [-0.39, 0.29) is 18.1 Å². The number of nitrogens with zero attached hydrogens (tertiary/aromatic N) is 3. The van der Waals surface area contributed by atoms with Gasteiger partial charge < -0.3 is 19.0 Å². The molecule has 6 nitrogen and oxygen atoms in total. The Hall–Kier alpha value is -3.98. The number of hydrogen-bond donors (Lipinski definition) is 0. The van der Waals surface area contributed by atoms with Crippen LogP contribution in [0.1, 0.15) is 52.9 Å². The molecule has 2 aliphatic heterocycles. The minimum absolute atomic E-state index is 0.0595. The molecule has 0 radical (unpaired) electrons. The van der Waals surface area contributed by atoms with Crippen LogP contribution in [0, 0.1) is 6.92 Å². The molecule has 0 bridgehead atoms. The molecule has 0 saturated carbocycles. The molecule has 0 atom stereocenters. The molecular weight excluding hydrogens is 567 g/mol. The van der Waals surface area contributed by atoms with Gasteiger partial charge in [-0.05, 0) is 73.9 Å². The van der Waals surface area contributed by atoms with Crippen LogP contribution in [-0.4, -0.2) is 61.1 Å². The fourth-order valence-corrected chi connectivity index (χ4v) is 6.24. The number of amides is 1. The van der Waals surface area contributed by atoms with Gasteiger partial charge in [0.2, 0.25) is 0 Å². The van der Waals surface area contributed by atoms with Crippen molar-refractivity contribution in [3.05, 3.63) is 95.2 Å². The Morgan fingerprint density at radius 2 is 1.59 bits per heavy atom. The number of likely N-dealkylation sites (tertiary alicyclic amines) is 1. The summed E-state index contributed by atoms with van der Waals surface area (Å²) in [6, 6.07) is 21.6. The number of hydrogen-bond acceptors (Lipinski definition) is 5. The number of halogens is 3. The third-order valence-electron chi connectivity index (χ3n) is 8.96. The zero-order valence-electron chi connectivity index (χ0n) is 25.1. The normalized spacial score (nSPS) is 17.2. The van der Waals surface area contributed by atoms with E-state index in [1.54, 1.807) is 11.0 Å². The third-order valence-corrected chi connectivity index (χ3v) is 8.96. The number of carbonyl (C=O) groups excluding carboxylic acids is 1. The summed E-state index contributed by atoms with van der Waals surface area (Å²) in [7, 11) is 1.81. The van der Waals surface area contributed by atoms with Crippen molar-refractivity contribution in [1.82, 2.24) is 9.80 Å². The van der Waals surface area contributed by atoms with Crippen molar-refractivity contribution < 1.29 is 27.1 Å². The Labute approximate surface area is 256 Å². The Kier molecular flexibility index (Phi) is 8.58. The van der Waals surface area contributed by atoms with Gasteiger partial charge in [-0.2, -0.15) is 13.2 Å². The third kappa shape index (κ3) is 6.88. The van der Waals surface area contributed by atoms with E-state index in [1.807, 2.05) is 25.2 Å². The van der Waals surface area contributed by atoms with Crippen LogP contribution in [0.2, 0.25) is 0 Å². The summed E-state index contributed by atoms with van der Waals surface area (Å²) in [4.78, 5) is 19.7. The molecule has 2 fully saturated rings. The molecule has 232 valence electrons. The molecule has 2 aliphatic rings. The first kappa shape index (κ1) is 30.1. The molecule has 0 aliphatic carbocycles. The number of rotatable bonds is 7. The summed E-state index contributed by atoms with van der Waals surface area (Å²) in [5.41, 5.74) is 3.37. The van der Waals surface area contributed by atoms with E-state index in [0.717, 1.165) is 80.7 Å². The van der Waals surface area contributed by atoms with Gasteiger partial charge in [-0.15, -0.1) is 0 Å². The van der Waals surface area contributed by atoms with Gasteiger partial charge in [-0.1, -0.05) is 29.8 Å². The predicted molar refractivity (Wildman–Crippen MR) is 165 cm³/mol. The van der Waals surface area contributed by atoms with E-state index in [2.05, 4.69) is 41.0 Å². The van der Waals surface area contributed by atoms with Crippen molar-refractivity contribution in [3.8, 4) is 5.75 Å². The molecule has 0 N–H and O–H groups in total. The quantitative estimate of drug-likeness (QED) is 0.218. The zero-order chi connectivity index (χ0) is 30.8. The first-order valence-corrected chi connectivity index (χ1v) is 15.3. The summed E-state index contributed by atoms with van der Waals surface area (Å²) in [6.45, 7) is 6.09. The molecule has 1 aromatic heterocycles. The fraction of sp³-hybridized carbons (Fsp3) is 0.400. The lowest BCUT2D eigenvalue weighted by atomic mass is 10.0. The topological polar surface area (TPSA) is 49.2 Å². The number of furan rings is 1. The molecule has 44 heavy (non-hydrogen) atoms. The van der Waals surface area contributed by atoms with Gasteiger partial charge in [0, 0.05) is 69.7 Å². The number of alkyl halides is 3. The van der Waals surface area contributed by atoms with Crippen molar-refractivity contribution in [1.29, 1.82) is 0 Å². The van der Waals surface area contributed by atoms with Crippen molar-refractivity contribution in [3.63, 3.8) is 0 Å². The number of ether oxygens (including phenoxy) is 1. The molecule has 1 amide bonds. The monoisotopic (exact) mass is 605 g/mol. The highest BCUT2D eigenvalue weighted by atomic mass is 19.4. The molecule has 9 heteroatoms. The first-order chi connectivity index (χ1) is 21.1.